The van der Waals surface area contributed by atoms with E-state index in [4.69, 9.17) is 4.74 Å². The lowest BCUT2D eigenvalue weighted by Gasteiger charge is -2.13. The third-order valence-electron chi connectivity index (χ3n) is 4.74. The molecular weight excluding hydrogens is 342 g/mol. The highest BCUT2D eigenvalue weighted by Crippen LogP contribution is 2.35. The van der Waals surface area contributed by atoms with Gasteiger partial charge in [0, 0.05) is 19.3 Å². The van der Waals surface area contributed by atoms with Crippen molar-refractivity contribution in [2.75, 3.05) is 13.7 Å². The molecule has 0 amide bonds. The first-order valence-electron chi connectivity index (χ1n) is 9.32. The minimum atomic E-state index is -0.827. The second-order valence-corrected chi connectivity index (χ2v) is 6.65. The summed E-state index contributed by atoms with van der Waals surface area (Å²) in [6, 6.07) is 20.1. The SMILES string of the molecule is COCCCCCc1ccc(-c2c(-c3ccccc3)ccc(F)c2F)cc1. The second kappa shape index (κ2) is 9.43. The number of rotatable bonds is 8. The second-order valence-electron chi connectivity index (χ2n) is 6.65. The Morgan fingerprint density at radius 3 is 2.19 bits per heavy atom. The van der Waals surface area contributed by atoms with Crippen LogP contribution in [0.2, 0.25) is 0 Å². The number of unbranched alkanes of at least 4 members (excludes halogenated alkanes) is 2. The molecule has 140 valence electrons. The smallest absolute Gasteiger partial charge is 0.167 e. The van der Waals surface area contributed by atoms with Crippen LogP contribution in [0.5, 0.6) is 0 Å². The van der Waals surface area contributed by atoms with Crippen molar-refractivity contribution in [1.82, 2.24) is 0 Å². The van der Waals surface area contributed by atoms with E-state index in [0.717, 1.165) is 37.9 Å². The van der Waals surface area contributed by atoms with Crippen LogP contribution in [0.15, 0.2) is 66.7 Å². The molecule has 0 N–H and O–H groups in total. The minimum absolute atomic E-state index is 0.313. The Kier molecular flexibility index (Phi) is 6.72. The molecule has 0 aliphatic heterocycles. The summed E-state index contributed by atoms with van der Waals surface area (Å²) in [6.45, 7) is 0.792. The molecule has 0 spiro atoms. The van der Waals surface area contributed by atoms with E-state index in [1.165, 1.54) is 11.6 Å². The Labute approximate surface area is 159 Å². The molecule has 3 heteroatoms. The van der Waals surface area contributed by atoms with Gasteiger partial charge in [0.25, 0.3) is 0 Å². The standard InChI is InChI=1S/C24H24F2O/c1-27-17-7-3-4-8-18-11-13-20(14-12-18)23-21(15-16-22(25)24(23)26)19-9-5-2-6-10-19/h2,5-6,9-16H,3-4,7-8,17H2,1H3. The molecule has 0 atom stereocenters. The van der Waals surface area contributed by atoms with Gasteiger partial charge in [0.05, 0.1) is 0 Å². The van der Waals surface area contributed by atoms with Gasteiger partial charge in [-0.25, -0.2) is 8.78 Å². The lowest BCUT2D eigenvalue weighted by atomic mass is 9.93. The van der Waals surface area contributed by atoms with Crippen LogP contribution in [0.4, 0.5) is 8.78 Å². The van der Waals surface area contributed by atoms with Crippen molar-refractivity contribution in [3.63, 3.8) is 0 Å². The number of halogens is 2. The third kappa shape index (κ3) is 4.81. The van der Waals surface area contributed by atoms with Gasteiger partial charge in [0.1, 0.15) is 0 Å². The summed E-state index contributed by atoms with van der Waals surface area (Å²) < 4.78 is 33.7. The van der Waals surface area contributed by atoms with Crippen molar-refractivity contribution >= 4 is 0 Å². The zero-order valence-corrected chi connectivity index (χ0v) is 15.6. The summed E-state index contributed by atoms with van der Waals surface area (Å²) in [4.78, 5) is 0. The van der Waals surface area contributed by atoms with Crippen molar-refractivity contribution in [3.8, 4) is 22.3 Å². The van der Waals surface area contributed by atoms with Crippen LogP contribution in [-0.2, 0) is 11.2 Å². The molecule has 0 saturated carbocycles. The Bertz CT molecular complexity index is 858. The van der Waals surface area contributed by atoms with Gasteiger partial charge in [-0.3, -0.25) is 0 Å². The molecule has 0 heterocycles. The third-order valence-corrected chi connectivity index (χ3v) is 4.74. The average Bonchev–Trinajstić information content (AvgIpc) is 2.71. The van der Waals surface area contributed by atoms with Gasteiger partial charge in [-0.2, -0.15) is 0 Å². The molecule has 0 saturated heterocycles. The normalized spacial score (nSPS) is 10.9. The number of aryl methyl sites for hydroxylation is 1. The van der Waals surface area contributed by atoms with Crippen molar-refractivity contribution in [2.24, 2.45) is 0 Å². The van der Waals surface area contributed by atoms with Crippen LogP contribution in [0.1, 0.15) is 24.8 Å². The lowest BCUT2D eigenvalue weighted by molar-refractivity contribution is 0.192. The van der Waals surface area contributed by atoms with Crippen LogP contribution >= 0.6 is 0 Å². The van der Waals surface area contributed by atoms with E-state index in [-0.39, 0.29) is 0 Å². The molecule has 0 bridgehead atoms. The topological polar surface area (TPSA) is 9.23 Å². The van der Waals surface area contributed by atoms with E-state index in [9.17, 15) is 8.78 Å². The summed E-state index contributed by atoms with van der Waals surface area (Å²) in [6.07, 6.45) is 4.24. The van der Waals surface area contributed by atoms with Gasteiger partial charge in [0.15, 0.2) is 11.6 Å². The Hall–Kier alpha value is -2.52. The van der Waals surface area contributed by atoms with Gasteiger partial charge in [-0.15, -0.1) is 0 Å². The van der Waals surface area contributed by atoms with Crippen LogP contribution < -0.4 is 0 Å². The van der Waals surface area contributed by atoms with Crippen LogP contribution in [-0.4, -0.2) is 13.7 Å². The Morgan fingerprint density at radius 2 is 1.48 bits per heavy atom. The summed E-state index contributed by atoms with van der Waals surface area (Å²) in [5.74, 6) is -1.63. The molecule has 0 fully saturated rings. The lowest BCUT2D eigenvalue weighted by Crippen LogP contribution is -1.95. The zero-order chi connectivity index (χ0) is 19.1. The summed E-state index contributed by atoms with van der Waals surface area (Å²) in [5, 5.41) is 0. The average molecular weight is 366 g/mol. The molecule has 1 nitrogen and oxygen atoms in total. The Balaban J connectivity index is 1.85. The van der Waals surface area contributed by atoms with Crippen LogP contribution in [0, 0.1) is 11.6 Å². The van der Waals surface area contributed by atoms with Crippen molar-refractivity contribution in [2.45, 2.75) is 25.7 Å². The maximum absolute atomic E-state index is 14.7. The fourth-order valence-corrected chi connectivity index (χ4v) is 3.28. The fourth-order valence-electron chi connectivity index (χ4n) is 3.28. The monoisotopic (exact) mass is 366 g/mol. The van der Waals surface area contributed by atoms with E-state index in [0.29, 0.717) is 16.7 Å². The number of hydrogen-bond acceptors (Lipinski definition) is 1. The predicted molar refractivity (Wildman–Crippen MR) is 107 cm³/mol. The molecule has 27 heavy (non-hydrogen) atoms. The quantitative estimate of drug-likeness (QED) is 0.405. The van der Waals surface area contributed by atoms with E-state index in [1.807, 2.05) is 54.6 Å². The van der Waals surface area contributed by atoms with E-state index < -0.39 is 11.6 Å². The minimum Gasteiger partial charge on any atom is -0.385 e. The van der Waals surface area contributed by atoms with Gasteiger partial charge >= 0.3 is 0 Å². The highest BCUT2D eigenvalue weighted by molar-refractivity contribution is 5.84. The molecule has 3 aromatic rings. The maximum Gasteiger partial charge on any atom is 0.167 e. The molecule has 0 aliphatic carbocycles. The van der Waals surface area contributed by atoms with Crippen molar-refractivity contribution in [1.29, 1.82) is 0 Å². The van der Waals surface area contributed by atoms with Gasteiger partial charge in [-0.1, -0.05) is 67.1 Å². The van der Waals surface area contributed by atoms with E-state index >= 15 is 0 Å². The zero-order valence-electron chi connectivity index (χ0n) is 15.6. The molecule has 0 aromatic heterocycles. The van der Waals surface area contributed by atoms with Crippen LogP contribution in [0.3, 0.4) is 0 Å². The van der Waals surface area contributed by atoms with Crippen molar-refractivity contribution < 1.29 is 13.5 Å². The number of hydrogen-bond donors (Lipinski definition) is 0. The Morgan fingerprint density at radius 1 is 0.741 bits per heavy atom. The summed E-state index contributed by atoms with van der Waals surface area (Å²) in [5.41, 5.74) is 3.77. The molecule has 3 aromatic carbocycles. The number of methoxy groups -OCH3 is 1. The fraction of sp³-hybridized carbons (Fsp3) is 0.250. The summed E-state index contributed by atoms with van der Waals surface area (Å²) in [7, 11) is 1.72. The summed E-state index contributed by atoms with van der Waals surface area (Å²) >= 11 is 0. The molecular formula is C24H24F2O. The van der Waals surface area contributed by atoms with Gasteiger partial charge < -0.3 is 4.74 Å². The first-order chi connectivity index (χ1) is 13.2. The first-order valence-corrected chi connectivity index (χ1v) is 9.32. The molecule has 3 rings (SSSR count). The van der Waals surface area contributed by atoms with E-state index in [1.54, 1.807) is 13.2 Å². The number of benzene rings is 3. The van der Waals surface area contributed by atoms with Gasteiger partial charge in [-0.05, 0) is 47.6 Å². The first kappa shape index (κ1) is 19.2. The number of ether oxygens (including phenoxy) is 1. The molecule has 0 unspecified atom stereocenters. The van der Waals surface area contributed by atoms with Gasteiger partial charge in [0.2, 0.25) is 0 Å². The maximum atomic E-state index is 14.7. The highest BCUT2D eigenvalue weighted by Gasteiger charge is 2.16. The van der Waals surface area contributed by atoms with Crippen LogP contribution in [0.25, 0.3) is 22.3 Å². The van der Waals surface area contributed by atoms with Crippen molar-refractivity contribution in [3.05, 3.63) is 83.9 Å². The largest absolute Gasteiger partial charge is 0.385 e. The highest BCUT2D eigenvalue weighted by atomic mass is 19.2. The van der Waals surface area contributed by atoms with E-state index in [2.05, 4.69) is 0 Å². The molecule has 0 aliphatic rings. The predicted octanol–water partition coefficient (Wildman–Crippen LogP) is 6.66. The molecule has 0 radical (unpaired) electrons.